The standard InChI is InChI=1S/C19H19NO4/c21-12-14(11-18(22)23)19(24)20-10-9-16-15(7-4-8-17(16)20)13-5-2-1-3-6-13/h1-8,14,21H,9-12H2,(H,22,23). The van der Waals surface area contributed by atoms with E-state index in [0.717, 1.165) is 28.8 Å². The number of benzene rings is 2. The van der Waals surface area contributed by atoms with Crippen LogP contribution in [0.25, 0.3) is 11.1 Å². The summed E-state index contributed by atoms with van der Waals surface area (Å²) in [5.41, 5.74) is 4.07. The molecule has 0 saturated carbocycles. The molecule has 24 heavy (non-hydrogen) atoms. The number of aliphatic hydroxyl groups excluding tert-OH is 1. The van der Waals surface area contributed by atoms with Crippen LogP contribution in [0, 0.1) is 5.92 Å². The van der Waals surface area contributed by atoms with Crippen LogP contribution in [-0.4, -0.2) is 35.2 Å². The molecule has 1 unspecified atom stereocenters. The van der Waals surface area contributed by atoms with Crippen molar-refractivity contribution in [3.05, 3.63) is 54.1 Å². The molecular formula is C19H19NO4. The Balaban J connectivity index is 1.93. The second-order valence-electron chi connectivity index (χ2n) is 5.89. The summed E-state index contributed by atoms with van der Waals surface area (Å²) in [6.45, 7) is 0.0451. The highest BCUT2D eigenvalue weighted by atomic mass is 16.4. The smallest absolute Gasteiger partial charge is 0.304 e. The number of rotatable bonds is 5. The van der Waals surface area contributed by atoms with E-state index in [1.165, 1.54) is 0 Å². The molecule has 1 amide bonds. The molecule has 1 aliphatic rings. The lowest BCUT2D eigenvalue weighted by Gasteiger charge is -2.22. The minimum atomic E-state index is -1.08. The SMILES string of the molecule is O=C(O)CC(CO)C(=O)N1CCc2c(-c3ccccc3)cccc21. The number of aliphatic hydroxyl groups is 1. The van der Waals surface area contributed by atoms with Gasteiger partial charge in [0.25, 0.3) is 0 Å². The summed E-state index contributed by atoms with van der Waals surface area (Å²) in [6, 6.07) is 15.8. The van der Waals surface area contributed by atoms with E-state index in [0.29, 0.717) is 6.54 Å². The quantitative estimate of drug-likeness (QED) is 0.884. The van der Waals surface area contributed by atoms with Gasteiger partial charge in [0.15, 0.2) is 0 Å². The van der Waals surface area contributed by atoms with Gasteiger partial charge in [0, 0.05) is 12.2 Å². The summed E-state index contributed by atoms with van der Waals surface area (Å²) in [5, 5.41) is 18.3. The van der Waals surface area contributed by atoms with Gasteiger partial charge in [-0.1, -0.05) is 42.5 Å². The van der Waals surface area contributed by atoms with E-state index in [1.807, 2.05) is 48.5 Å². The summed E-state index contributed by atoms with van der Waals surface area (Å²) >= 11 is 0. The van der Waals surface area contributed by atoms with Crippen LogP contribution < -0.4 is 4.90 Å². The second kappa shape index (κ2) is 6.84. The molecule has 0 bridgehead atoms. The number of aliphatic carboxylic acids is 1. The van der Waals surface area contributed by atoms with E-state index < -0.39 is 18.5 Å². The molecule has 3 rings (SSSR count). The maximum Gasteiger partial charge on any atom is 0.304 e. The molecule has 0 aliphatic carbocycles. The van der Waals surface area contributed by atoms with Crippen LogP contribution in [0.1, 0.15) is 12.0 Å². The Labute approximate surface area is 140 Å². The summed E-state index contributed by atoms with van der Waals surface area (Å²) in [5.74, 6) is -2.32. The molecule has 1 atom stereocenters. The maximum absolute atomic E-state index is 12.6. The van der Waals surface area contributed by atoms with Crippen molar-refractivity contribution in [2.45, 2.75) is 12.8 Å². The lowest BCUT2D eigenvalue weighted by molar-refractivity contribution is -0.141. The fourth-order valence-electron chi connectivity index (χ4n) is 3.21. The Morgan fingerprint density at radius 3 is 2.50 bits per heavy atom. The van der Waals surface area contributed by atoms with Crippen molar-refractivity contribution >= 4 is 17.6 Å². The van der Waals surface area contributed by atoms with Crippen molar-refractivity contribution < 1.29 is 19.8 Å². The van der Waals surface area contributed by atoms with E-state index in [-0.39, 0.29) is 12.3 Å². The van der Waals surface area contributed by atoms with Gasteiger partial charge in [-0.2, -0.15) is 0 Å². The van der Waals surface area contributed by atoms with Gasteiger partial charge < -0.3 is 15.1 Å². The molecule has 1 heterocycles. The van der Waals surface area contributed by atoms with Gasteiger partial charge in [-0.3, -0.25) is 9.59 Å². The van der Waals surface area contributed by atoms with Crippen molar-refractivity contribution in [2.24, 2.45) is 5.92 Å². The fourth-order valence-corrected chi connectivity index (χ4v) is 3.21. The van der Waals surface area contributed by atoms with Gasteiger partial charge in [-0.15, -0.1) is 0 Å². The average molecular weight is 325 g/mol. The Morgan fingerprint density at radius 2 is 1.83 bits per heavy atom. The number of hydrogen-bond acceptors (Lipinski definition) is 3. The van der Waals surface area contributed by atoms with Gasteiger partial charge in [-0.05, 0) is 29.2 Å². The second-order valence-corrected chi connectivity index (χ2v) is 5.89. The van der Waals surface area contributed by atoms with Crippen molar-refractivity contribution in [3.8, 4) is 11.1 Å². The number of anilines is 1. The van der Waals surface area contributed by atoms with Crippen molar-refractivity contribution in [2.75, 3.05) is 18.1 Å². The number of fused-ring (bicyclic) bond motifs is 1. The van der Waals surface area contributed by atoms with Crippen LogP contribution in [0.4, 0.5) is 5.69 Å². The monoisotopic (exact) mass is 325 g/mol. The van der Waals surface area contributed by atoms with Crippen molar-refractivity contribution in [3.63, 3.8) is 0 Å². The molecule has 2 aromatic rings. The molecule has 0 aromatic heterocycles. The minimum absolute atomic E-state index is 0.330. The number of carbonyl (C=O) groups excluding carboxylic acids is 1. The normalized spacial score (nSPS) is 14.3. The lowest BCUT2D eigenvalue weighted by Crippen LogP contribution is -2.37. The predicted molar refractivity (Wildman–Crippen MR) is 90.8 cm³/mol. The van der Waals surface area contributed by atoms with Gasteiger partial charge in [0.1, 0.15) is 0 Å². The largest absolute Gasteiger partial charge is 0.481 e. The first-order valence-corrected chi connectivity index (χ1v) is 7.93. The van der Waals surface area contributed by atoms with Crippen molar-refractivity contribution in [1.29, 1.82) is 0 Å². The molecule has 0 fully saturated rings. The summed E-state index contributed by atoms with van der Waals surface area (Å²) in [7, 11) is 0. The topological polar surface area (TPSA) is 77.8 Å². The third-order valence-corrected chi connectivity index (χ3v) is 4.37. The maximum atomic E-state index is 12.6. The molecule has 0 radical (unpaired) electrons. The van der Waals surface area contributed by atoms with Crippen LogP contribution in [0.3, 0.4) is 0 Å². The van der Waals surface area contributed by atoms with Gasteiger partial charge >= 0.3 is 5.97 Å². The first-order valence-electron chi connectivity index (χ1n) is 7.93. The zero-order valence-electron chi connectivity index (χ0n) is 13.2. The van der Waals surface area contributed by atoms with Crippen LogP contribution in [0.15, 0.2) is 48.5 Å². The van der Waals surface area contributed by atoms with E-state index in [9.17, 15) is 14.7 Å². The highest BCUT2D eigenvalue weighted by molar-refractivity contribution is 5.99. The Hall–Kier alpha value is -2.66. The van der Waals surface area contributed by atoms with E-state index in [4.69, 9.17) is 5.11 Å². The molecule has 5 nitrogen and oxygen atoms in total. The van der Waals surface area contributed by atoms with Crippen LogP contribution in [0.5, 0.6) is 0 Å². The Bertz CT molecular complexity index is 757. The van der Waals surface area contributed by atoms with Gasteiger partial charge in [0.05, 0.1) is 18.9 Å². The fraction of sp³-hybridized carbons (Fsp3) is 0.263. The molecule has 1 aliphatic heterocycles. The molecular weight excluding hydrogens is 306 g/mol. The number of amides is 1. The number of carbonyl (C=O) groups is 2. The summed E-state index contributed by atoms with van der Waals surface area (Å²) in [4.78, 5) is 25.1. The van der Waals surface area contributed by atoms with Gasteiger partial charge in [0.2, 0.25) is 5.91 Å². The Kier molecular flexibility index (Phi) is 4.62. The molecule has 0 saturated heterocycles. The summed E-state index contributed by atoms with van der Waals surface area (Å²) in [6.07, 6.45) is 0.358. The zero-order chi connectivity index (χ0) is 17.1. The molecule has 124 valence electrons. The lowest BCUT2D eigenvalue weighted by atomic mass is 9.98. The van der Waals surface area contributed by atoms with E-state index in [2.05, 4.69) is 0 Å². The minimum Gasteiger partial charge on any atom is -0.481 e. The Morgan fingerprint density at radius 1 is 1.08 bits per heavy atom. The molecule has 5 heteroatoms. The molecule has 2 aromatic carbocycles. The third kappa shape index (κ3) is 3.03. The predicted octanol–water partition coefficient (Wildman–Crippen LogP) is 2.33. The first kappa shape index (κ1) is 16.2. The highest BCUT2D eigenvalue weighted by Crippen LogP contribution is 2.36. The van der Waals surface area contributed by atoms with Crippen LogP contribution >= 0.6 is 0 Å². The zero-order valence-corrected chi connectivity index (χ0v) is 13.2. The van der Waals surface area contributed by atoms with Crippen LogP contribution in [-0.2, 0) is 16.0 Å². The van der Waals surface area contributed by atoms with Crippen molar-refractivity contribution in [1.82, 2.24) is 0 Å². The number of carboxylic acids is 1. The summed E-state index contributed by atoms with van der Waals surface area (Å²) < 4.78 is 0. The first-order chi connectivity index (χ1) is 11.6. The van der Waals surface area contributed by atoms with E-state index >= 15 is 0 Å². The van der Waals surface area contributed by atoms with Gasteiger partial charge in [-0.25, -0.2) is 0 Å². The number of hydrogen-bond donors (Lipinski definition) is 2. The number of nitrogens with zero attached hydrogens (tertiary/aromatic N) is 1. The molecule has 0 spiro atoms. The molecule has 2 N–H and O–H groups in total. The number of carboxylic acid groups (broad SMARTS) is 1. The highest BCUT2D eigenvalue weighted by Gasteiger charge is 2.32. The van der Waals surface area contributed by atoms with Crippen LogP contribution in [0.2, 0.25) is 0 Å². The average Bonchev–Trinajstić information content (AvgIpc) is 3.03. The van der Waals surface area contributed by atoms with E-state index in [1.54, 1.807) is 4.90 Å². The third-order valence-electron chi connectivity index (χ3n) is 4.37.